The molecule has 0 spiro atoms. The van der Waals surface area contributed by atoms with E-state index in [9.17, 15) is 18.0 Å². The van der Waals surface area contributed by atoms with Gasteiger partial charge in [0.05, 0.1) is 24.6 Å². The number of carbonyl (C=O) groups excluding carboxylic acids is 1. The van der Waals surface area contributed by atoms with Crippen LogP contribution < -0.4 is 14.8 Å². The summed E-state index contributed by atoms with van der Waals surface area (Å²) in [6.45, 7) is 2.35. The molecule has 0 aliphatic heterocycles. The van der Waals surface area contributed by atoms with Crippen molar-refractivity contribution in [2.45, 2.75) is 26.6 Å². The quantitative estimate of drug-likeness (QED) is 0.626. The van der Waals surface area contributed by atoms with Crippen LogP contribution in [0.1, 0.15) is 19.4 Å². The molecule has 11 heteroatoms. The van der Waals surface area contributed by atoms with Crippen molar-refractivity contribution in [2.75, 3.05) is 19.0 Å². The number of alkyl halides is 3. The number of amides is 1. The van der Waals surface area contributed by atoms with Gasteiger partial charge >= 0.3 is 6.18 Å². The van der Waals surface area contributed by atoms with E-state index in [0.717, 1.165) is 0 Å². The minimum Gasteiger partial charge on any atom is -0.481 e. The molecule has 0 aromatic carbocycles. The first-order chi connectivity index (χ1) is 14.2. The van der Waals surface area contributed by atoms with Crippen LogP contribution in [0.5, 0.6) is 11.8 Å². The fraction of sp³-hybridized carbons (Fsp3) is 0.368. The van der Waals surface area contributed by atoms with Gasteiger partial charge in [0.15, 0.2) is 6.61 Å². The highest BCUT2D eigenvalue weighted by Crippen LogP contribution is 2.25. The van der Waals surface area contributed by atoms with Crippen LogP contribution in [-0.2, 0) is 11.3 Å². The molecule has 3 heterocycles. The number of anilines is 1. The van der Waals surface area contributed by atoms with Crippen LogP contribution in [0.4, 0.5) is 19.0 Å². The Balaban J connectivity index is 1.83. The summed E-state index contributed by atoms with van der Waals surface area (Å²) in [5.41, 5.74) is 1.21. The monoisotopic (exact) mass is 423 g/mol. The van der Waals surface area contributed by atoms with Crippen LogP contribution in [-0.4, -0.2) is 45.5 Å². The molecule has 1 N–H and O–H groups in total. The molecule has 0 bridgehead atoms. The highest BCUT2D eigenvalue weighted by Gasteiger charge is 2.28. The van der Waals surface area contributed by atoms with E-state index in [0.29, 0.717) is 22.3 Å². The molecule has 1 amide bonds. The second-order valence-corrected chi connectivity index (χ2v) is 6.78. The number of nitrogens with one attached hydrogen (secondary N) is 1. The number of rotatable bonds is 7. The van der Waals surface area contributed by atoms with E-state index in [2.05, 4.69) is 25.1 Å². The highest BCUT2D eigenvalue weighted by atomic mass is 19.4. The van der Waals surface area contributed by atoms with E-state index in [1.807, 2.05) is 0 Å². The summed E-state index contributed by atoms with van der Waals surface area (Å²) in [6, 6.07) is 4.60. The molecule has 0 atom stereocenters. The molecular formula is C19H20F3N5O3. The Morgan fingerprint density at radius 1 is 1.27 bits per heavy atom. The maximum Gasteiger partial charge on any atom is 0.422 e. The van der Waals surface area contributed by atoms with Gasteiger partial charge in [-0.1, -0.05) is 13.8 Å². The van der Waals surface area contributed by atoms with Gasteiger partial charge in [0.2, 0.25) is 17.7 Å². The van der Waals surface area contributed by atoms with E-state index >= 15 is 0 Å². The topological polar surface area (TPSA) is 91.2 Å². The summed E-state index contributed by atoms with van der Waals surface area (Å²) in [5, 5.41) is 7.87. The lowest BCUT2D eigenvalue weighted by atomic mass is 10.2. The van der Waals surface area contributed by atoms with Gasteiger partial charge in [0, 0.05) is 29.9 Å². The Labute approximate surface area is 170 Å². The molecule has 8 nitrogen and oxygen atoms in total. The number of nitrogens with zero attached hydrogens (tertiary/aromatic N) is 4. The number of fused-ring (bicyclic) bond motifs is 1. The van der Waals surface area contributed by atoms with Gasteiger partial charge in [-0.2, -0.15) is 23.3 Å². The van der Waals surface area contributed by atoms with Crippen molar-refractivity contribution in [3.05, 3.63) is 36.2 Å². The fourth-order valence-electron chi connectivity index (χ4n) is 2.60. The Morgan fingerprint density at radius 2 is 2.03 bits per heavy atom. The van der Waals surface area contributed by atoms with Gasteiger partial charge in [-0.15, -0.1) is 0 Å². The smallest absolute Gasteiger partial charge is 0.422 e. The SMILES string of the molecule is COc1nc(OCC(F)(F)F)ccc1Cn1cc2c(NC(=O)C(C)C)nccc2n1. The standard InChI is InChI=1S/C19H20F3N5O3/c1-11(2)17(28)25-16-13-9-27(26-14(13)6-7-23-16)8-12-4-5-15(24-18(12)29-3)30-10-19(20,21)22/h4-7,9,11H,8,10H2,1-3H3,(H,23,25,28). The van der Waals surface area contributed by atoms with E-state index in [-0.39, 0.29) is 30.1 Å². The third-order valence-electron chi connectivity index (χ3n) is 4.07. The number of aromatic nitrogens is 4. The van der Waals surface area contributed by atoms with Gasteiger partial charge in [-0.3, -0.25) is 9.48 Å². The Bertz CT molecular complexity index is 1050. The van der Waals surface area contributed by atoms with Crippen LogP contribution in [0, 0.1) is 5.92 Å². The van der Waals surface area contributed by atoms with Crippen molar-refractivity contribution in [3.63, 3.8) is 0 Å². The van der Waals surface area contributed by atoms with Crippen molar-refractivity contribution >= 4 is 22.6 Å². The zero-order chi connectivity index (χ0) is 21.9. The van der Waals surface area contributed by atoms with Crippen LogP contribution >= 0.6 is 0 Å². The zero-order valence-corrected chi connectivity index (χ0v) is 16.5. The average molecular weight is 423 g/mol. The third kappa shape index (κ3) is 5.16. The van der Waals surface area contributed by atoms with Crippen molar-refractivity contribution in [2.24, 2.45) is 5.92 Å². The number of pyridine rings is 2. The Morgan fingerprint density at radius 3 is 2.70 bits per heavy atom. The number of ether oxygens (including phenoxy) is 2. The maximum absolute atomic E-state index is 12.3. The van der Waals surface area contributed by atoms with Gasteiger partial charge in [0.25, 0.3) is 0 Å². The van der Waals surface area contributed by atoms with Gasteiger partial charge in [0.1, 0.15) is 5.82 Å². The van der Waals surface area contributed by atoms with Crippen molar-refractivity contribution in [1.29, 1.82) is 0 Å². The van der Waals surface area contributed by atoms with Gasteiger partial charge in [-0.25, -0.2) is 4.98 Å². The van der Waals surface area contributed by atoms with Crippen molar-refractivity contribution < 1.29 is 27.4 Å². The molecule has 0 aliphatic rings. The normalized spacial score (nSPS) is 11.7. The van der Waals surface area contributed by atoms with E-state index in [4.69, 9.17) is 4.74 Å². The summed E-state index contributed by atoms with van der Waals surface area (Å²) in [4.78, 5) is 20.2. The van der Waals surface area contributed by atoms with Crippen molar-refractivity contribution in [3.8, 4) is 11.8 Å². The van der Waals surface area contributed by atoms with Gasteiger partial charge in [-0.05, 0) is 12.1 Å². The first-order valence-corrected chi connectivity index (χ1v) is 9.03. The molecule has 0 saturated carbocycles. The lowest BCUT2D eigenvalue weighted by molar-refractivity contribution is -0.154. The van der Waals surface area contributed by atoms with E-state index < -0.39 is 12.8 Å². The predicted octanol–water partition coefficient (Wildman–Crippen LogP) is 3.42. The van der Waals surface area contributed by atoms with E-state index in [1.165, 1.54) is 13.2 Å². The fourth-order valence-corrected chi connectivity index (χ4v) is 2.60. The molecule has 160 valence electrons. The minimum absolute atomic E-state index is 0.126. The second-order valence-electron chi connectivity index (χ2n) is 6.78. The zero-order valence-electron chi connectivity index (χ0n) is 16.5. The molecule has 0 fully saturated rings. The first kappa shape index (κ1) is 21.3. The van der Waals surface area contributed by atoms with Gasteiger partial charge < -0.3 is 14.8 Å². The number of carbonyl (C=O) groups is 1. The van der Waals surface area contributed by atoms with E-state index in [1.54, 1.807) is 43.1 Å². The molecule has 0 radical (unpaired) electrons. The Hall–Kier alpha value is -3.37. The second kappa shape index (κ2) is 8.56. The van der Waals surface area contributed by atoms with Crippen molar-refractivity contribution in [1.82, 2.24) is 19.7 Å². The van der Waals surface area contributed by atoms with Crippen LogP contribution in [0.3, 0.4) is 0 Å². The molecule has 30 heavy (non-hydrogen) atoms. The summed E-state index contributed by atoms with van der Waals surface area (Å²) < 4.78 is 48.4. The third-order valence-corrected chi connectivity index (χ3v) is 4.07. The van der Waals surface area contributed by atoms with Crippen LogP contribution in [0.25, 0.3) is 10.9 Å². The number of hydrogen-bond donors (Lipinski definition) is 1. The molecule has 3 rings (SSSR count). The molecular weight excluding hydrogens is 403 g/mol. The highest BCUT2D eigenvalue weighted by molar-refractivity contribution is 5.99. The molecule has 0 aliphatic carbocycles. The summed E-state index contributed by atoms with van der Waals surface area (Å²) in [7, 11) is 1.36. The molecule has 3 aromatic rings. The summed E-state index contributed by atoms with van der Waals surface area (Å²) in [6.07, 6.45) is -1.20. The average Bonchev–Trinajstić information content (AvgIpc) is 3.10. The molecule has 0 saturated heterocycles. The number of hydrogen-bond acceptors (Lipinski definition) is 6. The van der Waals surface area contributed by atoms with Crippen LogP contribution in [0.15, 0.2) is 30.6 Å². The van der Waals surface area contributed by atoms with Crippen LogP contribution in [0.2, 0.25) is 0 Å². The Kier molecular flexibility index (Phi) is 6.09. The lowest BCUT2D eigenvalue weighted by Gasteiger charge is -2.11. The predicted molar refractivity (Wildman–Crippen MR) is 102 cm³/mol. The summed E-state index contributed by atoms with van der Waals surface area (Å²) in [5.74, 6) is -0.0332. The maximum atomic E-state index is 12.3. The molecule has 0 unspecified atom stereocenters. The molecule has 3 aromatic heterocycles. The number of halogens is 3. The first-order valence-electron chi connectivity index (χ1n) is 9.03. The lowest BCUT2D eigenvalue weighted by Crippen LogP contribution is -2.19. The largest absolute Gasteiger partial charge is 0.481 e. The minimum atomic E-state index is -4.46. The number of methoxy groups -OCH3 is 1. The summed E-state index contributed by atoms with van der Waals surface area (Å²) >= 11 is 0.